The molecule has 0 aromatic rings. The predicted octanol–water partition coefficient (Wildman–Crippen LogP) is -1.36. The molecule has 4 heteroatoms. The first-order chi connectivity index (χ1) is 4.59. The minimum Gasteiger partial charge on any atom is -0.391 e. The molecule has 0 spiro atoms. The molecule has 0 aliphatic carbocycles. The molecule has 4 N–H and O–H groups in total. The van der Waals surface area contributed by atoms with E-state index in [1.165, 1.54) is 6.92 Å². The number of rotatable bonds is 4. The van der Waals surface area contributed by atoms with Gasteiger partial charge in [0.15, 0.2) is 0 Å². The van der Waals surface area contributed by atoms with E-state index in [2.05, 4.69) is 0 Å². The monoisotopic (exact) mass is 147 g/mol. The fourth-order valence-corrected chi connectivity index (χ4v) is 0.608. The molecule has 0 heterocycles. The number of nitrogens with two attached hydrogens (primary N) is 1. The van der Waals surface area contributed by atoms with Crippen LogP contribution in [0.3, 0.4) is 0 Å². The molecule has 0 amide bonds. The van der Waals surface area contributed by atoms with E-state index in [0.717, 1.165) is 0 Å². The van der Waals surface area contributed by atoms with Crippen LogP contribution in [0.2, 0.25) is 0 Å². The lowest BCUT2D eigenvalue weighted by molar-refractivity contribution is -0.109. The fourth-order valence-electron chi connectivity index (χ4n) is 0.608. The number of carbonyl (C=O) groups excluding carboxylic acids is 1. The molecule has 10 heavy (non-hydrogen) atoms. The Morgan fingerprint density at radius 1 is 1.60 bits per heavy atom. The first-order valence-corrected chi connectivity index (χ1v) is 3.15. The smallest absolute Gasteiger partial charge is 0.121 e. The van der Waals surface area contributed by atoms with Crippen LogP contribution in [0.15, 0.2) is 0 Å². The standard InChI is InChI=1S/C6H13NO3/c1-4(9)6(10)5(7)2-3-8/h3-6,9-10H,2,7H2,1H3/t4-,5-,6-/m1/s1. The summed E-state index contributed by atoms with van der Waals surface area (Å²) in [6, 6.07) is -0.655. The van der Waals surface area contributed by atoms with E-state index >= 15 is 0 Å². The molecule has 0 aliphatic rings. The number of aldehydes is 1. The van der Waals surface area contributed by atoms with Gasteiger partial charge < -0.3 is 20.7 Å². The summed E-state index contributed by atoms with van der Waals surface area (Å²) in [7, 11) is 0. The van der Waals surface area contributed by atoms with Gasteiger partial charge in [0.05, 0.1) is 12.2 Å². The second-order valence-corrected chi connectivity index (χ2v) is 2.30. The van der Waals surface area contributed by atoms with Crippen LogP contribution in [0.25, 0.3) is 0 Å². The van der Waals surface area contributed by atoms with Crippen molar-refractivity contribution in [3.8, 4) is 0 Å². The van der Waals surface area contributed by atoms with Crippen molar-refractivity contribution in [2.75, 3.05) is 0 Å². The summed E-state index contributed by atoms with van der Waals surface area (Å²) in [6.45, 7) is 1.43. The van der Waals surface area contributed by atoms with E-state index in [1.807, 2.05) is 0 Å². The number of hydrogen-bond donors (Lipinski definition) is 3. The van der Waals surface area contributed by atoms with Crippen LogP contribution in [0.1, 0.15) is 13.3 Å². The minimum absolute atomic E-state index is 0.0755. The molecule has 0 bridgehead atoms. The number of hydrogen-bond acceptors (Lipinski definition) is 4. The SMILES string of the molecule is C[C@@H](O)[C@@H](O)[C@H](N)CC=O. The van der Waals surface area contributed by atoms with Crippen LogP contribution in [-0.4, -0.2) is 34.7 Å². The Morgan fingerprint density at radius 2 is 2.10 bits per heavy atom. The number of aliphatic hydroxyl groups is 2. The highest BCUT2D eigenvalue weighted by atomic mass is 16.3. The normalized spacial score (nSPS) is 19.6. The molecule has 0 saturated carbocycles. The summed E-state index contributed by atoms with van der Waals surface area (Å²) in [5.41, 5.74) is 5.29. The van der Waals surface area contributed by atoms with Crippen molar-refractivity contribution >= 4 is 6.29 Å². The van der Waals surface area contributed by atoms with Crippen LogP contribution in [-0.2, 0) is 4.79 Å². The Morgan fingerprint density at radius 3 is 2.40 bits per heavy atom. The van der Waals surface area contributed by atoms with Crippen molar-refractivity contribution in [2.45, 2.75) is 31.6 Å². The Hall–Kier alpha value is -0.450. The predicted molar refractivity (Wildman–Crippen MR) is 36.3 cm³/mol. The van der Waals surface area contributed by atoms with Gasteiger partial charge in [-0.25, -0.2) is 0 Å². The first kappa shape index (κ1) is 9.55. The molecule has 0 aliphatic heterocycles. The number of aliphatic hydroxyl groups excluding tert-OH is 2. The third-order valence-corrected chi connectivity index (χ3v) is 1.30. The van der Waals surface area contributed by atoms with Crippen molar-refractivity contribution in [2.24, 2.45) is 5.73 Å². The molecule has 4 nitrogen and oxygen atoms in total. The Balaban J connectivity index is 3.68. The van der Waals surface area contributed by atoms with Gasteiger partial charge in [-0.1, -0.05) is 0 Å². The average molecular weight is 147 g/mol. The molecule has 0 unspecified atom stereocenters. The van der Waals surface area contributed by atoms with Crippen LogP contribution < -0.4 is 5.73 Å². The van der Waals surface area contributed by atoms with Gasteiger partial charge in [0.1, 0.15) is 6.29 Å². The van der Waals surface area contributed by atoms with Crippen LogP contribution in [0.4, 0.5) is 0 Å². The average Bonchev–Trinajstić information content (AvgIpc) is 1.87. The number of carbonyl (C=O) groups is 1. The Kier molecular flexibility index (Phi) is 4.18. The van der Waals surface area contributed by atoms with Gasteiger partial charge in [-0.2, -0.15) is 0 Å². The maximum absolute atomic E-state index is 9.87. The van der Waals surface area contributed by atoms with Crippen LogP contribution in [0, 0.1) is 0 Å². The Labute approximate surface area is 59.7 Å². The minimum atomic E-state index is -1.01. The van der Waals surface area contributed by atoms with Gasteiger partial charge in [-0.15, -0.1) is 0 Å². The van der Waals surface area contributed by atoms with Gasteiger partial charge >= 0.3 is 0 Å². The molecule has 0 rings (SSSR count). The van der Waals surface area contributed by atoms with E-state index < -0.39 is 18.2 Å². The molecule has 3 atom stereocenters. The van der Waals surface area contributed by atoms with Crippen molar-refractivity contribution in [3.63, 3.8) is 0 Å². The maximum atomic E-state index is 9.87. The zero-order chi connectivity index (χ0) is 8.15. The van der Waals surface area contributed by atoms with Gasteiger partial charge in [0, 0.05) is 12.5 Å². The second-order valence-electron chi connectivity index (χ2n) is 2.30. The highest BCUT2D eigenvalue weighted by molar-refractivity contribution is 5.50. The van der Waals surface area contributed by atoms with Crippen LogP contribution in [0.5, 0.6) is 0 Å². The van der Waals surface area contributed by atoms with E-state index in [0.29, 0.717) is 6.29 Å². The summed E-state index contributed by atoms with van der Waals surface area (Å²) in [4.78, 5) is 9.87. The fraction of sp³-hybridized carbons (Fsp3) is 0.833. The lowest BCUT2D eigenvalue weighted by Gasteiger charge is -2.18. The first-order valence-electron chi connectivity index (χ1n) is 3.15. The van der Waals surface area contributed by atoms with Crippen LogP contribution >= 0.6 is 0 Å². The largest absolute Gasteiger partial charge is 0.391 e. The highest BCUT2D eigenvalue weighted by Gasteiger charge is 2.18. The second kappa shape index (κ2) is 4.38. The molecule has 0 fully saturated rings. The summed E-state index contributed by atoms with van der Waals surface area (Å²) in [6.07, 6.45) is -1.19. The molecule has 0 aromatic carbocycles. The zero-order valence-corrected chi connectivity index (χ0v) is 5.90. The Bertz CT molecular complexity index is 105. The summed E-state index contributed by atoms with van der Waals surface area (Å²) in [5, 5.41) is 17.8. The quantitative estimate of drug-likeness (QED) is 0.429. The van der Waals surface area contributed by atoms with Crippen molar-refractivity contribution < 1.29 is 15.0 Å². The van der Waals surface area contributed by atoms with Gasteiger partial charge in [-0.05, 0) is 6.92 Å². The van der Waals surface area contributed by atoms with Crippen molar-refractivity contribution in [1.29, 1.82) is 0 Å². The molecule has 0 radical (unpaired) electrons. The summed E-state index contributed by atoms with van der Waals surface area (Å²) >= 11 is 0. The third kappa shape index (κ3) is 2.91. The highest BCUT2D eigenvalue weighted by Crippen LogP contribution is 1.98. The molecule has 0 saturated heterocycles. The van der Waals surface area contributed by atoms with Crippen molar-refractivity contribution in [1.82, 2.24) is 0 Å². The van der Waals surface area contributed by atoms with E-state index in [-0.39, 0.29) is 6.42 Å². The molecule has 60 valence electrons. The lowest BCUT2D eigenvalue weighted by atomic mass is 10.1. The van der Waals surface area contributed by atoms with Crippen molar-refractivity contribution in [3.05, 3.63) is 0 Å². The van der Waals surface area contributed by atoms with E-state index in [4.69, 9.17) is 15.9 Å². The topological polar surface area (TPSA) is 83.6 Å². The third-order valence-electron chi connectivity index (χ3n) is 1.30. The van der Waals surface area contributed by atoms with E-state index in [9.17, 15) is 4.79 Å². The molecular weight excluding hydrogens is 134 g/mol. The molecule has 0 aromatic heterocycles. The maximum Gasteiger partial charge on any atom is 0.121 e. The van der Waals surface area contributed by atoms with Gasteiger partial charge in [0.25, 0.3) is 0 Å². The summed E-state index contributed by atoms with van der Waals surface area (Å²) in [5.74, 6) is 0. The van der Waals surface area contributed by atoms with E-state index in [1.54, 1.807) is 0 Å². The zero-order valence-electron chi connectivity index (χ0n) is 5.90. The molecular formula is C6H13NO3. The summed E-state index contributed by atoms with van der Waals surface area (Å²) < 4.78 is 0. The lowest BCUT2D eigenvalue weighted by Crippen LogP contribution is -2.41. The van der Waals surface area contributed by atoms with Gasteiger partial charge in [0.2, 0.25) is 0 Å². The van der Waals surface area contributed by atoms with Gasteiger partial charge in [-0.3, -0.25) is 0 Å².